The number of hydrogen-bond acceptors (Lipinski definition) is 5. The fraction of sp³-hybridized carbons (Fsp3) is 0.0435. The fourth-order valence-electron chi connectivity index (χ4n) is 8.68. The van der Waals surface area contributed by atoms with Gasteiger partial charge in [0, 0.05) is 34.2 Å². The molecule has 0 saturated heterocycles. The second-order valence-electron chi connectivity index (χ2n) is 13.7. The van der Waals surface area contributed by atoms with Crippen molar-refractivity contribution in [3.63, 3.8) is 0 Å². The Morgan fingerprint density at radius 3 is 2.17 bits per heavy atom. The normalized spacial score (nSPS) is 13.2. The molecule has 0 bridgehead atoms. The molecule has 9 aromatic rings. The van der Waals surface area contributed by atoms with Gasteiger partial charge in [0.25, 0.3) is 0 Å². The molecule has 0 radical (unpaired) electrons. The molecule has 54 heavy (non-hydrogen) atoms. The summed E-state index contributed by atoms with van der Waals surface area (Å²) < 4.78 is 19.5. The van der Waals surface area contributed by atoms with Gasteiger partial charge in [-0.15, -0.1) is 0 Å². The maximum atomic E-state index is 10.1. The molecule has 0 saturated carbocycles. The number of imidazole rings is 1. The van der Waals surface area contributed by atoms with Crippen LogP contribution in [0.2, 0.25) is 0 Å². The van der Waals surface area contributed by atoms with Crippen molar-refractivity contribution in [2.24, 2.45) is 7.05 Å². The van der Waals surface area contributed by atoms with Crippen molar-refractivity contribution in [2.75, 3.05) is 0 Å². The Bertz CT molecular complexity index is 3100. The minimum absolute atomic E-state index is 0.516. The summed E-state index contributed by atoms with van der Waals surface area (Å²) in [5, 5.41) is 22.5. The Morgan fingerprint density at radius 1 is 0.685 bits per heavy atom. The van der Waals surface area contributed by atoms with E-state index in [2.05, 4.69) is 93.2 Å². The van der Waals surface area contributed by atoms with Crippen molar-refractivity contribution in [3.05, 3.63) is 179 Å². The molecule has 8 nitrogen and oxygen atoms in total. The molecular weight excluding hydrogens is 669 g/mol. The van der Waals surface area contributed by atoms with E-state index in [1.165, 1.54) is 0 Å². The smallest absolute Gasteiger partial charge is 0.244 e. The fourth-order valence-corrected chi connectivity index (χ4v) is 8.68. The molecule has 2 aliphatic rings. The number of pyridine rings is 1. The number of fused-ring (bicyclic) bond motifs is 11. The van der Waals surface area contributed by atoms with Crippen LogP contribution in [0, 0.1) is 29.0 Å². The van der Waals surface area contributed by atoms with Crippen molar-refractivity contribution in [1.29, 1.82) is 10.5 Å². The molecular formula is C46H26N6O2. The van der Waals surface area contributed by atoms with E-state index in [-0.39, 0.29) is 0 Å². The van der Waals surface area contributed by atoms with E-state index in [9.17, 15) is 10.5 Å². The van der Waals surface area contributed by atoms with Gasteiger partial charge in [0.2, 0.25) is 6.33 Å². The van der Waals surface area contributed by atoms with Gasteiger partial charge in [0.05, 0.1) is 63.5 Å². The van der Waals surface area contributed by atoms with E-state index >= 15 is 0 Å². The second-order valence-corrected chi connectivity index (χ2v) is 13.7. The van der Waals surface area contributed by atoms with Gasteiger partial charge < -0.3 is 18.6 Å². The monoisotopic (exact) mass is 694 g/mol. The van der Waals surface area contributed by atoms with E-state index < -0.39 is 5.41 Å². The largest absolute Gasteiger partial charge is 0.458 e. The highest BCUT2D eigenvalue weighted by Gasteiger charge is 2.49. The van der Waals surface area contributed by atoms with Gasteiger partial charge in [0.15, 0.2) is 0 Å². The molecule has 0 N–H and O–H groups in total. The molecule has 6 aromatic carbocycles. The molecule has 0 atom stereocenters. The average molecular weight is 695 g/mol. The average Bonchev–Trinajstić information content (AvgIpc) is 3.74. The van der Waals surface area contributed by atoms with Crippen LogP contribution in [0.25, 0.3) is 44.3 Å². The molecule has 0 amide bonds. The standard InChI is InChI=1S/C46H26N6O2/c1-50-27-51-41-24-31(53-30-14-16-33-32-7-2-3-9-38(32)52(40(33)23-30)44-11-4-5-20-49-44)15-17-34(41)46(35-8-6-10-39(50)45(35)51)36-21-28(25-47)12-18-42(36)54-43-19-13-29(26-48)22-37(43)46/h2-24H,1H3. The lowest BCUT2D eigenvalue weighted by molar-refractivity contribution is -0.649. The molecule has 0 fully saturated rings. The zero-order valence-electron chi connectivity index (χ0n) is 28.8. The highest BCUT2D eigenvalue weighted by atomic mass is 16.5. The van der Waals surface area contributed by atoms with Crippen LogP contribution in [0.1, 0.15) is 33.4 Å². The molecule has 11 rings (SSSR count). The zero-order valence-corrected chi connectivity index (χ0v) is 28.8. The summed E-state index contributed by atoms with van der Waals surface area (Å²) in [6.45, 7) is 0. The zero-order chi connectivity index (χ0) is 36.1. The number of aryl methyl sites for hydroxylation is 1. The summed E-state index contributed by atoms with van der Waals surface area (Å²) in [5.74, 6) is 3.46. The molecule has 5 heterocycles. The number of ether oxygens (including phenoxy) is 2. The number of hydrogen-bond donors (Lipinski definition) is 0. The van der Waals surface area contributed by atoms with Gasteiger partial charge in [-0.3, -0.25) is 4.57 Å². The second kappa shape index (κ2) is 10.9. The van der Waals surface area contributed by atoms with Crippen LogP contribution >= 0.6 is 0 Å². The third-order valence-electron chi connectivity index (χ3n) is 10.9. The van der Waals surface area contributed by atoms with Gasteiger partial charge in [-0.05, 0) is 90.0 Å². The van der Waals surface area contributed by atoms with Crippen LogP contribution in [0.5, 0.6) is 23.0 Å². The predicted octanol–water partition coefficient (Wildman–Crippen LogP) is 9.08. The van der Waals surface area contributed by atoms with Crippen molar-refractivity contribution in [2.45, 2.75) is 5.41 Å². The summed E-state index contributed by atoms with van der Waals surface area (Å²) in [4.78, 5) is 4.69. The van der Waals surface area contributed by atoms with Crippen LogP contribution < -0.4 is 14.0 Å². The van der Waals surface area contributed by atoms with E-state index in [0.717, 1.165) is 66.6 Å². The van der Waals surface area contributed by atoms with Crippen molar-refractivity contribution >= 4 is 32.8 Å². The van der Waals surface area contributed by atoms with Crippen molar-refractivity contribution in [1.82, 2.24) is 14.1 Å². The van der Waals surface area contributed by atoms with Gasteiger partial charge in [-0.25, -0.2) is 4.98 Å². The lowest BCUT2D eigenvalue weighted by atomic mass is 9.61. The third kappa shape index (κ3) is 3.94. The summed E-state index contributed by atoms with van der Waals surface area (Å²) >= 11 is 0. The molecule has 0 aliphatic carbocycles. The molecule has 252 valence electrons. The summed E-state index contributed by atoms with van der Waals surface area (Å²) in [6.07, 6.45) is 5.36. The van der Waals surface area contributed by atoms with Crippen LogP contribution in [-0.2, 0) is 12.5 Å². The SMILES string of the molecule is C[n+]1[c-]n2c3c(cccc31)C1(c3cc(C#N)ccc3Oc3ccc(C#N)cc31)c1ccc(Oc3ccc4c5ccccc5n(-c5ccccn5)c4c3)cc1-2. The first-order chi connectivity index (χ1) is 26.6. The molecule has 8 heteroatoms. The van der Waals surface area contributed by atoms with Crippen LogP contribution in [0.15, 0.2) is 140 Å². The summed E-state index contributed by atoms with van der Waals surface area (Å²) in [6, 6.07) is 48.7. The predicted molar refractivity (Wildman–Crippen MR) is 203 cm³/mol. The first kappa shape index (κ1) is 30.0. The highest BCUT2D eigenvalue weighted by molar-refractivity contribution is 6.09. The molecule has 2 aliphatic heterocycles. The number of rotatable bonds is 3. The molecule has 1 spiro atoms. The number of nitrogens with zero attached hydrogens (tertiary/aromatic N) is 6. The number of nitriles is 2. The Morgan fingerprint density at radius 2 is 1.41 bits per heavy atom. The van der Waals surface area contributed by atoms with Gasteiger partial charge >= 0.3 is 0 Å². The van der Waals surface area contributed by atoms with Crippen molar-refractivity contribution in [3.8, 4) is 46.6 Å². The Labute approximate surface area is 309 Å². The van der Waals surface area contributed by atoms with Gasteiger partial charge in [-0.2, -0.15) is 10.5 Å². The lowest BCUT2D eigenvalue weighted by Crippen LogP contribution is -2.38. The first-order valence-corrected chi connectivity index (χ1v) is 17.5. The number of para-hydroxylation sites is 2. The summed E-state index contributed by atoms with van der Waals surface area (Å²) in [7, 11) is 1.99. The lowest BCUT2D eigenvalue weighted by Gasteiger charge is -2.45. The molecule has 3 aromatic heterocycles. The summed E-state index contributed by atoms with van der Waals surface area (Å²) in [5.41, 5.74) is 8.57. The quantitative estimate of drug-likeness (QED) is 0.136. The van der Waals surface area contributed by atoms with Gasteiger partial charge in [-0.1, -0.05) is 48.5 Å². The van der Waals surface area contributed by atoms with E-state index in [4.69, 9.17) is 9.47 Å². The minimum Gasteiger partial charge on any atom is -0.458 e. The van der Waals surface area contributed by atoms with Crippen LogP contribution in [0.3, 0.4) is 0 Å². The minimum atomic E-state index is -0.937. The van der Waals surface area contributed by atoms with Crippen LogP contribution in [-0.4, -0.2) is 14.1 Å². The number of benzene rings is 6. The Kier molecular flexibility index (Phi) is 6.06. The Hall–Kier alpha value is -7.68. The van der Waals surface area contributed by atoms with Crippen LogP contribution in [0.4, 0.5) is 0 Å². The maximum Gasteiger partial charge on any atom is 0.244 e. The number of aromatic nitrogens is 4. The van der Waals surface area contributed by atoms with E-state index in [0.29, 0.717) is 34.1 Å². The highest BCUT2D eigenvalue weighted by Crippen LogP contribution is 2.59. The topological polar surface area (TPSA) is 92.7 Å². The van der Waals surface area contributed by atoms with E-state index in [1.807, 2.05) is 72.3 Å². The van der Waals surface area contributed by atoms with E-state index in [1.54, 1.807) is 18.3 Å². The third-order valence-corrected chi connectivity index (χ3v) is 10.9. The van der Waals surface area contributed by atoms with Gasteiger partial charge in [0.1, 0.15) is 28.8 Å². The molecule has 0 unspecified atom stereocenters. The van der Waals surface area contributed by atoms with Crippen molar-refractivity contribution < 1.29 is 14.0 Å². The maximum absolute atomic E-state index is 10.1. The first-order valence-electron chi connectivity index (χ1n) is 17.5. The Balaban J connectivity index is 1.16.